The Morgan fingerprint density at radius 3 is 2.67 bits per heavy atom. The van der Waals surface area contributed by atoms with Crippen LogP contribution in [0.25, 0.3) is 6.08 Å². The second-order valence-electron chi connectivity index (χ2n) is 6.12. The van der Waals surface area contributed by atoms with Gasteiger partial charge in [-0.25, -0.2) is 0 Å². The lowest BCUT2D eigenvalue weighted by atomic mass is 10.1. The van der Waals surface area contributed by atoms with Crippen LogP contribution in [0.5, 0.6) is 0 Å². The van der Waals surface area contributed by atoms with E-state index in [2.05, 4.69) is 9.88 Å². The maximum Gasteiger partial charge on any atom is 0.266 e. The van der Waals surface area contributed by atoms with Crippen molar-refractivity contribution in [1.29, 1.82) is 5.26 Å². The Morgan fingerprint density at radius 1 is 1.30 bits per heavy atom. The zero-order chi connectivity index (χ0) is 19.4. The number of aryl methyl sites for hydroxylation is 1. The van der Waals surface area contributed by atoms with Crippen molar-refractivity contribution in [2.24, 2.45) is 0 Å². The Bertz CT molecular complexity index is 1020. The SMILES string of the molecule is Cc1cc(/C=C(\C#N)C(=O)Nc2ccc(Cl)cc2)c(C)n1Cc1ccco1. The van der Waals surface area contributed by atoms with Crippen LogP contribution in [0, 0.1) is 25.2 Å². The number of halogens is 1. The van der Waals surface area contributed by atoms with E-state index in [1.165, 1.54) is 0 Å². The number of nitriles is 1. The molecule has 2 heterocycles. The van der Waals surface area contributed by atoms with Gasteiger partial charge in [0.15, 0.2) is 0 Å². The number of carbonyl (C=O) groups is 1. The van der Waals surface area contributed by atoms with E-state index in [1.807, 2.05) is 38.1 Å². The molecule has 0 aliphatic heterocycles. The first-order chi connectivity index (χ1) is 13.0. The third kappa shape index (κ3) is 4.30. The maximum absolute atomic E-state index is 12.4. The van der Waals surface area contributed by atoms with Gasteiger partial charge in [0, 0.05) is 22.1 Å². The highest BCUT2D eigenvalue weighted by Gasteiger charge is 2.14. The smallest absolute Gasteiger partial charge is 0.266 e. The fourth-order valence-electron chi connectivity index (χ4n) is 2.81. The number of furan rings is 1. The van der Waals surface area contributed by atoms with Crippen LogP contribution in [-0.4, -0.2) is 10.5 Å². The van der Waals surface area contributed by atoms with Crippen molar-refractivity contribution in [3.05, 3.63) is 82.0 Å². The number of hydrogen-bond acceptors (Lipinski definition) is 3. The van der Waals surface area contributed by atoms with Crippen LogP contribution in [0.4, 0.5) is 5.69 Å². The Kier molecular flexibility index (Phi) is 5.49. The highest BCUT2D eigenvalue weighted by molar-refractivity contribution is 6.30. The van der Waals surface area contributed by atoms with Crippen LogP contribution in [0.1, 0.15) is 22.7 Å². The minimum absolute atomic E-state index is 0.0307. The summed E-state index contributed by atoms with van der Waals surface area (Å²) < 4.78 is 7.49. The van der Waals surface area contributed by atoms with Crippen molar-refractivity contribution in [2.75, 3.05) is 5.32 Å². The summed E-state index contributed by atoms with van der Waals surface area (Å²) in [5.74, 6) is 0.379. The Labute approximate surface area is 162 Å². The molecule has 2 aromatic heterocycles. The number of aromatic nitrogens is 1. The first-order valence-corrected chi connectivity index (χ1v) is 8.73. The molecule has 0 atom stereocenters. The van der Waals surface area contributed by atoms with Crippen molar-refractivity contribution in [3.63, 3.8) is 0 Å². The summed E-state index contributed by atoms with van der Waals surface area (Å²) in [5, 5.41) is 12.7. The number of nitrogens with zero attached hydrogens (tertiary/aromatic N) is 2. The summed E-state index contributed by atoms with van der Waals surface area (Å²) in [6.07, 6.45) is 3.24. The second kappa shape index (κ2) is 7.98. The normalized spacial score (nSPS) is 11.3. The van der Waals surface area contributed by atoms with Crippen LogP contribution in [0.15, 0.2) is 58.7 Å². The molecule has 0 saturated heterocycles. The second-order valence-corrected chi connectivity index (χ2v) is 6.56. The fraction of sp³-hybridized carbons (Fsp3) is 0.143. The quantitative estimate of drug-likeness (QED) is 0.503. The molecule has 0 saturated carbocycles. The van der Waals surface area contributed by atoms with E-state index < -0.39 is 5.91 Å². The molecule has 0 aliphatic carbocycles. The molecule has 27 heavy (non-hydrogen) atoms. The van der Waals surface area contributed by atoms with Gasteiger partial charge in [-0.1, -0.05) is 11.6 Å². The fourth-order valence-corrected chi connectivity index (χ4v) is 2.94. The molecule has 136 valence electrons. The van der Waals surface area contributed by atoms with Crippen molar-refractivity contribution < 1.29 is 9.21 Å². The van der Waals surface area contributed by atoms with E-state index in [9.17, 15) is 10.1 Å². The highest BCUT2D eigenvalue weighted by atomic mass is 35.5. The zero-order valence-electron chi connectivity index (χ0n) is 15.0. The molecule has 3 rings (SSSR count). The van der Waals surface area contributed by atoms with Gasteiger partial charge in [0.25, 0.3) is 5.91 Å². The van der Waals surface area contributed by atoms with Crippen molar-refractivity contribution in [1.82, 2.24) is 4.57 Å². The molecule has 1 aromatic carbocycles. The van der Waals surface area contributed by atoms with Gasteiger partial charge in [-0.05, 0) is 68.0 Å². The largest absolute Gasteiger partial charge is 0.467 e. The number of hydrogen-bond donors (Lipinski definition) is 1. The first-order valence-electron chi connectivity index (χ1n) is 8.35. The lowest BCUT2D eigenvalue weighted by molar-refractivity contribution is -0.112. The molecule has 0 spiro atoms. The molecule has 5 nitrogen and oxygen atoms in total. The Hall–Kier alpha value is -3.23. The average Bonchev–Trinajstić information content (AvgIpc) is 3.25. The highest BCUT2D eigenvalue weighted by Crippen LogP contribution is 2.21. The predicted octanol–water partition coefficient (Wildman–Crippen LogP) is 4.95. The van der Waals surface area contributed by atoms with Gasteiger partial charge >= 0.3 is 0 Å². The van der Waals surface area contributed by atoms with E-state index in [-0.39, 0.29) is 5.57 Å². The lowest BCUT2D eigenvalue weighted by Crippen LogP contribution is -2.13. The zero-order valence-corrected chi connectivity index (χ0v) is 15.7. The topological polar surface area (TPSA) is 71.0 Å². The number of carbonyl (C=O) groups excluding carboxylic acids is 1. The van der Waals surface area contributed by atoms with Crippen LogP contribution in [0.3, 0.4) is 0 Å². The van der Waals surface area contributed by atoms with Gasteiger partial charge in [-0.15, -0.1) is 0 Å². The van der Waals surface area contributed by atoms with Crippen LogP contribution < -0.4 is 5.32 Å². The van der Waals surface area contributed by atoms with Gasteiger partial charge in [-0.2, -0.15) is 5.26 Å². The number of rotatable bonds is 5. The van der Waals surface area contributed by atoms with E-state index in [1.54, 1.807) is 36.6 Å². The summed E-state index contributed by atoms with van der Waals surface area (Å²) in [4.78, 5) is 12.4. The minimum Gasteiger partial charge on any atom is -0.467 e. The van der Waals surface area contributed by atoms with Gasteiger partial charge < -0.3 is 14.3 Å². The predicted molar refractivity (Wildman–Crippen MR) is 105 cm³/mol. The van der Waals surface area contributed by atoms with E-state index in [0.717, 1.165) is 22.7 Å². The molecule has 0 unspecified atom stereocenters. The third-order valence-corrected chi connectivity index (χ3v) is 4.53. The molecule has 0 bridgehead atoms. The van der Waals surface area contributed by atoms with Crippen molar-refractivity contribution in [2.45, 2.75) is 20.4 Å². The van der Waals surface area contributed by atoms with E-state index in [4.69, 9.17) is 16.0 Å². The summed E-state index contributed by atoms with van der Waals surface area (Å²) >= 11 is 5.85. The van der Waals surface area contributed by atoms with Crippen LogP contribution in [0.2, 0.25) is 5.02 Å². The lowest BCUT2D eigenvalue weighted by Gasteiger charge is -2.07. The average molecular weight is 380 g/mol. The summed E-state index contributed by atoms with van der Waals surface area (Å²) in [7, 11) is 0. The number of amides is 1. The van der Waals surface area contributed by atoms with Crippen molar-refractivity contribution >= 4 is 29.3 Å². The third-order valence-electron chi connectivity index (χ3n) is 4.27. The molecule has 3 aromatic rings. The van der Waals surface area contributed by atoms with Crippen LogP contribution in [-0.2, 0) is 11.3 Å². The van der Waals surface area contributed by atoms with Gasteiger partial charge in [-0.3, -0.25) is 4.79 Å². The minimum atomic E-state index is -0.462. The number of anilines is 1. The van der Waals surface area contributed by atoms with Crippen molar-refractivity contribution in [3.8, 4) is 6.07 Å². The molecular weight excluding hydrogens is 362 g/mol. The summed E-state index contributed by atoms with van der Waals surface area (Å²) in [6, 6.07) is 14.4. The molecule has 1 amide bonds. The molecule has 6 heteroatoms. The van der Waals surface area contributed by atoms with Crippen LogP contribution >= 0.6 is 11.6 Å². The van der Waals surface area contributed by atoms with Gasteiger partial charge in [0.05, 0.1) is 12.8 Å². The standard InChI is InChI=1S/C21H18ClN3O2/c1-14-10-16(15(2)25(14)13-20-4-3-9-27-20)11-17(12-23)21(26)24-19-7-5-18(22)6-8-19/h3-11H,13H2,1-2H3,(H,24,26)/b17-11+. The number of nitrogens with one attached hydrogen (secondary N) is 1. The van der Waals surface area contributed by atoms with E-state index >= 15 is 0 Å². The summed E-state index contributed by atoms with van der Waals surface area (Å²) in [5.41, 5.74) is 3.40. The monoisotopic (exact) mass is 379 g/mol. The Balaban J connectivity index is 1.84. The Morgan fingerprint density at radius 2 is 2.04 bits per heavy atom. The first kappa shape index (κ1) is 18.6. The maximum atomic E-state index is 12.4. The molecular formula is C21H18ClN3O2. The molecule has 0 aliphatic rings. The van der Waals surface area contributed by atoms with Gasteiger partial charge in [0.1, 0.15) is 17.4 Å². The number of benzene rings is 1. The van der Waals surface area contributed by atoms with Gasteiger partial charge in [0.2, 0.25) is 0 Å². The molecule has 1 N–H and O–H groups in total. The molecule has 0 radical (unpaired) electrons. The summed E-state index contributed by atoms with van der Waals surface area (Å²) in [6.45, 7) is 4.53. The van der Waals surface area contributed by atoms with E-state index in [0.29, 0.717) is 17.3 Å². The molecule has 0 fully saturated rings.